The summed E-state index contributed by atoms with van der Waals surface area (Å²) in [7, 11) is 3.53. The minimum Gasteiger partial charge on any atom is -0.348 e. The molecule has 112 valence electrons. The summed E-state index contributed by atoms with van der Waals surface area (Å²) >= 11 is 0. The maximum absolute atomic E-state index is 12.5. The number of nitrogens with one attached hydrogen (secondary N) is 2. The van der Waals surface area contributed by atoms with Crippen LogP contribution in [0.3, 0.4) is 0 Å². The van der Waals surface area contributed by atoms with Crippen LogP contribution < -0.4 is 10.6 Å². The van der Waals surface area contributed by atoms with Gasteiger partial charge in [-0.25, -0.2) is 0 Å². The molecule has 0 aromatic heterocycles. The second kappa shape index (κ2) is 5.15. The van der Waals surface area contributed by atoms with Gasteiger partial charge in [0.2, 0.25) is 5.91 Å². The fourth-order valence-electron chi connectivity index (χ4n) is 3.46. The van der Waals surface area contributed by atoms with Crippen LogP contribution in [-0.2, 0) is 11.2 Å². The summed E-state index contributed by atoms with van der Waals surface area (Å²) < 4.78 is 0. The molecule has 2 aliphatic rings. The number of aryl methyl sites for hydroxylation is 1. The Morgan fingerprint density at radius 1 is 1.33 bits per heavy atom. The molecule has 2 atom stereocenters. The minimum absolute atomic E-state index is 0.0663. The molecule has 5 heteroatoms. The summed E-state index contributed by atoms with van der Waals surface area (Å²) in [6.45, 7) is 1.27. The second-order valence-electron chi connectivity index (χ2n) is 6.18. The van der Waals surface area contributed by atoms with E-state index in [2.05, 4.69) is 10.6 Å². The zero-order valence-electron chi connectivity index (χ0n) is 12.5. The molecule has 0 aliphatic carbocycles. The number of carbonyl (C=O) groups is 2. The van der Waals surface area contributed by atoms with Crippen molar-refractivity contribution in [3.63, 3.8) is 0 Å². The first-order chi connectivity index (χ1) is 10.0. The normalized spacial score (nSPS) is 27.9. The van der Waals surface area contributed by atoms with Crippen LogP contribution in [0.25, 0.3) is 0 Å². The Bertz CT molecular complexity index is 585. The Balaban J connectivity index is 1.93. The van der Waals surface area contributed by atoms with Crippen molar-refractivity contribution in [1.29, 1.82) is 0 Å². The molecule has 1 aromatic carbocycles. The Labute approximate surface area is 124 Å². The van der Waals surface area contributed by atoms with Crippen LogP contribution in [0.5, 0.6) is 0 Å². The number of benzene rings is 1. The summed E-state index contributed by atoms with van der Waals surface area (Å²) in [6.07, 6.45) is 1.60. The van der Waals surface area contributed by atoms with E-state index in [0.29, 0.717) is 13.1 Å². The first-order valence-corrected chi connectivity index (χ1v) is 7.36. The first kappa shape index (κ1) is 14.1. The number of rotatable bonds is 1. The predicted molar refractivity (Wildman–Crippen MR) is 80.0 cm³/mol. The van der Waals surface area contributed by atoms with E-state index in [0.717, 1.165) is 24.0 Å². The third-order valence-electron chi connectivity index (χ3n) is 4.66. The minimum atomic E-state index is -0.475. The monoisotopic (exact) mass is 287 g/mol. The van der Waals surface area contributed by atoms with Gasteiger partial charge >= 0.3 is 0 Å². The lowest BCUT2D eigenvalue weighted by Crippen LogP contribution is -2.57. The number of fused-ring (bicyclic) bond motifs is 1. The first-order valence-electron chi connectivity index (χ1n) is 7.36. The van der Waals surface area contributed by atoms with Gasteiger partial charge in [0.15, 0.2) is 0 Å². The number of nitrogens with zero attached hydrogens (tertiary/aromatic N) is 1. The van der Waals surface area contributed by atoms with E-state index < -0.39 is 5.54 Å². The van der Waals surface area contributed by atoms with Crippen molar-refractivity contribution in [2.75, 3.05) is 27.2 Å². The summed E-state index contributed by atoms with van der Waals surface area (Å²) in [4.78, 5) is 26.6. The quantitative estimate of drug-likeness (QED) is 0.786. The molecule has 21 heavy (non-hydrogen) atoms. The van der Waals surface area contributed by atoms with Crippen LogP contribution in [0.4, 0.5) is 0 Å². The van der Waals surface area contributed by atoms with Gasteiger partial charge in [-0.3, -0.25) is 9.59 Å². The van der Waals surface area contributed by atoms with Gasteiger partial charge in [0.05, 0.1) is 11.5 Å². The maximum Gasteiger partial charge on any atom is 0.252 e. The zero-order valence-corrected chi connectivity index (χ0v) is 12.5. The largest absolute Gasteiger partial charge is 0.348 e. The summed E-state index contributed by atoms with van der Waals surface area (Å²) in [5.74, 6) is -0.194. The van der Waals surface area contributed by atoms with Crippen LogP contribution in [0.15, 0.2) is 24.3 Å². The highest BCUT2D eigenvalue weighted by molar-refractivity contribution is 5.97. The fraction of sp³-hybridized carbons (Fsp3) is 0.500. The van der Waals surface area contributed by atoms with Crippen molar-refractivity contribution in [2.24, 2.45) is 5.92 Å². The van der Waals surface area contributed by atoms with Crippen molar-refractivity contribution in [3.8, 4) is 0 Å². The lowest BCUT2D eigenvalue weighted by atomic mass is 9.82. The van der Waals surface area contributed by atoms with Crippen LogP contribution >= 0.6 is 0 Å². The highest BCUT2D eigenvalue weighted by Crippen LogP contribution is 2.32. The lowest BCUT2D eigenvalue weighted by Gasteiger charge is -2.34. The molecule has 3 rings (SSSR count). The van der Waals surface area contributed by atoms with Crippen molar-refractivity contribution in [2.45, 2.75) is 18.4 Å². The average molecular weight is 287 g/mol. The van der Waals surface area contributed by atoms with E-state index in [9.17, 15) is 9.59 Å². The number of amides is 2. The van der Waals surface area contributed by atoms with Gasteiger partial charge in [0.1, 0.15) is 0 Å². The maximum atomic E-state index is 12.5. The molecule has 1 aromatic rings. The van der Waals surface area contributed by atoms with E-state index in [1.165, 1.54) is 0 Å². The molecule has 1 spiro atoms. The molecule has 1 fully saturated rings. The van der Waals surface area contributed by atoms with Gasteiger partial charge in [0, 0.05) is 32.7 Å². The second-order valence-corrected chi connectivity index (χ2v) is 6.18. The molecule has 2 heterocycles. The standard InChI is InChI=1S/C16H21N3O2/c1-19(2)15(21)13-9-17-10-16(13)8-7-11-5-3-4-6-12(11)14(20)18-16/h3-6,13,17H,7-10H2,1-2H3,(H,18,20)/t13-,16-/m1/s1. The van der Waals surface area contributed by atoms with Crippen LogP contribution in [-0.4, -0.2) is 49.4 Å². The molecular weight excluding hydrogens is 266 g/mol. The van der Waals surface area contributed by atoms with Gasteiger partial charge in [-0.1, -0.05) is 18.2 Å². The predicted octanol–water partition coefficient (Wildman–Crippen LogP) is 0.409. The highest BCUT2D eigenvalue weighted by Gasteiger charge is 2.49. The summed E-state index contributed by atoms with van der Waals surface area (Å²) in [6, 6.07) is 7.69. The zero-order chi connectivity index (χ0) is 15.0. The van der Waals surface area contributed by atoms with Crippen LogP contribution in [0.1, 0.15) is 22.3 Å². The number of hydrogen-bond acceptors (Lipinski definition) is 3. The van der Waals surface area contributed by atoms with E-state index in [-0.39, 0.29) is 17.7 Å². The van der Waals surface area contributed by atoms with Gasteiger partial charge in [0.25, 0.3) is 5.91 Å². The number of hydrogen-bond donors (Lipinski definition) is 2. The van der Waals surface area contributed by atoms with Crippen molar-refractivity contribution >= 4 is 11.8 Å². The van der Waals surface area contributed by atoms with Gasteiger partial charge < -0.3 is 15.5 Å². The molecule has 0 radical (unpaired) electrons. The van der Waals surface area contributed by atoms with Crippen molar-refractivity contribution in [1.82, 2.24) is 15.5 Å². The molecule has 2 aliphatic heterocycles. The van der Waals surface area contributed by atoms with Gasteiger partial charge in [-0.05, 0) is 24.5 Å². The topological polar surface area (TPSA) is 61.4 Å². The Morgan fingerprint density at radius 2 is 2.10 bits per heavy atom. The van der Waals surface area contributed by atoms with Crippen LogP contribution in [0, 0.1) is 5.92 Å². The SMILES string of the molecule is CN(C)C(=O)[C@H]1CNC[C@]12CCc1ccccc1C(=O)N2. The summed E-state index contributed by atoms with van der Waals surface area (Å²) in [5.41, 5.74) is 1.32. The molecule has 2 amide bonds. The van der Waals surface area contributed by atoms with Crippen molar-refractivity contribution in [3.05, 3.63) is 35.4 Å². The Kier molecular flexibility index (Phi) is 3.45. The van der Waals surface area contributed by atoms with E-state index in [1.807, 2.05) is 24.3 Å². The molecule has 0 unspecified atom stereocenters. The average Bonchev–Trinajstić information content (AvgIpc) is 2.81. The van der Waals surface area contributed by atoms with Crippen molar-refractivity contribution < 1.29 is 9.59 Å². The molecule has 2 N–H and O–H groups in total. The number of carbonyl (C=O) groups excluding carboxylic acids is 2. The van der Waals surface area contributed by atoms with E-state index in [4.69, 9.17) is 0 Å². The highest BCUT2D eigenvalue weighted by atomic mass is 16.2. The third-order valence-corrected chi connectivity index (χ3v) is 4.66. The Morgan fingerprint density at radius 3 is 2.86 bits per heavy atom. The summed E-state index contributed by atoms with van der Waals surface area (Å²) in [5, 5.41) is 6.43. The molecular formula is C16H21N3O2. The van der Waals surface area contributed by atoms with Gasteiger partial charge in [-0.2, -0.15) is 0 Å². The smallest absolute Gasteiger partial charge is 0.252 e. The fourth-order valence-corrected chi connectivity index (χ4v) is 3.46. The van der Waals surface area contributed by atoms with E-state index in [1.54, 1.807) is 19.0 Å². The third kappa shape index (κ3) is 2.31. The molecule has 0 saturated carbocycles. The molecule has 5 nitrogen and oxygen atoms in total. The van der Waals surface area contributed by atoms with Gasteiger partial charge in [-0.15, -0.1) is 0 Å². The van der Waals surface area contributed by atoms with E-state index >= 15 is 0 Å². The lowest BCUT2D eigenvalue weighted by molar-refractivity contribution is -0.134. The van der Waals surface area contributed by atoms with Crippen LogP contribution in [0.2, 0.25) is 0 Å². The molecule has 1 saturated heterocycles. The molecule has 0 bridgehead atoms. The Hall–Kier alpha value is -1.88.